The number of rotatable bonds is 5. The lowest BCUT2D eigenvalue weighted by molar-refractivity contribution is 0.0482. The van der Waals surface area contributed by atoms with Crippen molar-refractivity contribution >= 4 is 57.8 Å². The fourth-order valence-electron chi connectivity index (χ4n) is 4.70. The average molecular weight is 476 g/mol. The molecule has 0 unspecified atom stereocenters. The van der Waals surface area contributed by atoms with Gasteiger partial charge in [0, 0.05) is 11.6 Å². The van der Waals surface area contributed by atoms with Crippen LogP contribution in [0.2, 0.25) is 0 Å². The van der Waals surface area contributed by atoms with Gasteiger partial charge in [-0.3, -0.25) is 0 Å². The van der Waals surface area contributed by atoms with Crippen LogP contribution in [0.4, 0.5) is 11.5 Å². The predicted octanol–water partition coefficient (Wildman–Crippen LogP) is 0.527. The molecule has 5 rings (SSSR count). The third kappa shape index (κ3) is 4.04. The van der Waals surface area contributed by atoms with E-state index in [4.69, 9.17) is 19.4 Å². The molecule has 0 bridgehead atoms. The van der Waals surface area contributed by atoms with Gasteiger partial charge in [0.2, 0.25) is 0 Å². The first-order chi connectivity index (χ1) is 16.1. The van der Waals surface area contributed by atoms with Crippen molar-refractivity contribution in [2.24, 2.45) is 0 Å². The molecule has 1 saturated heterocycles. The summed E-state index contributed by atoms with van der Waals surface area (Å²) in [4.78, 5) is 20.6. The summed E-state index contributed by atoms with van der Waals surface area (Å²) >= 11 is 1.76. The minimum Gasteiger partial charge on any atom is -0.486 e. The van der Waals surface area contributed by atoms with Crippen molar-refractivity contribution in [3.63, 3.8) is 0 Å². The highest BCUT2D eigenvalue weighted by Gasteiger charge is 2.40. The standard InChI is InChI=1S/C22H31B3N6O2S/c1-11-8-32-9-12-10-33-16-17(21(2,3)34-4)28-19(29-20(16)31(11)12)15-13-5-6-26-18(13)27-7-14(15)30-22(23,24)25/h5-7,11-12,30H,8-10,23-25H2,1-4H3,(H,26,27)/t11-,12+/m1/s1. The first-order valence-corrected chi connectivity index (χ1v) is 13.0. The summed E-state index contributed by atoms with van der Waals surface area (Å²) in [5, 5.41) is 4.46. The molecule has 0 radical (unpaired) electrons. The van der Waals surface area contributed by atoms with Gasteiger partial charge in [-0.1, -0.05) is 0 Å². The van der Waals surface area contributed by atoms with Crippen LogP contribution in [0.1, 0.15) is 26.5 Å². The molecule has 0 aliphatic carbocycles. The zero-order valence-corrected chi connectivity index (χ0v) is 21.8. The summed E-state index contributed by atoms with van der Waals surface area (Å²) in [5.41, 5.74) is 3.59. The Kier molecular flexibility index (Phi) is 5.79. The Hall–Kier alpha value is -2.33. The second-order valence-electron chi connectivity index (χ2n) is 10.7. The summed E-state index contributed by atoms with van der Waals surface area (Å²) in [6.07, 6.45) is 5.90. The highest BCUT2D eigenvalue weighted by Crippen LogP contribution is 2.47. The minimum atomic E-state index is -0.258. The maximum Gasteiger partial charge on any atom is 0.184 e. The van der Waals surface area contributed by atoms with Crippen LogP contribution in [0.15, 0.2) is 18.5 Å². The fourth-order valence-corrected chi connectivity index (χ4v) is 5.03. The molecular formula is C22H31B3N6O2S. The van der Waals surface area contributed by atoms with E-state index in [-0.39, 0.29) is 22.1 Å². The third-order valence-electron chi connectivity index (χ3n) is 6.45. The first kappa shape index (κ1) is 23.4. The van der Waals surface area contributed by atoms with E-state index in [0.717, 1.165) is 39.5 Å². The molecule has 12 heteroatoms. The van der Waals surface area contributed by atoms with Gasteiger partial charge in [-0.25, -0.2) is 15.0 Å². The molecule has 2 N–H and O–H groups in total. The molecule has 34 heavy (non-hydrogen) atoms. The molecule has 0 spiro atoms. The van der Waals surface area contributed by atoms with Crippen molar-refractivity contribution < 1.29 is 9.47 Å². The molecule has 5 heterocycles. The largest absolute Gasteiger partial charge is 0.486 e. The summed E-state index contributed by atoms with van der Waals surface area (Å²) < 4.78 is 11.9. The number of aromatic amines is 1. The van der Waals surface area contributed by atoms with E-state index in [1.807, 2.05) is 18.5 Å². The van der Waals surface area contributed by atoms with Crippen molar-refractivity contribution in [3.8, 4) is 17.1 Å². The van der Waals surface area contributed by atoms with Gasteiger partial charge in [0.05, 0.1) is 47.5 Å². The molecule has 3 aromatic heterocycles. The number of hydrogen-bond acceptors (Lipinski definition) is 8. The molecule has 176 valence electrons. The van der Waals surface area contributed by atoms with Gasteiger partial charge in [0.1, 0.15) is 41.5 Å². The monoisotopic (exact) mass is 476 g/mol. The number of nitrogens with zero attached hydrogens (tertiary/aromatic N) is 4. The van der Waals surface area contributed by atoms with Crippen molar-refractivity contribution in [3.05, 3.63) is 24.2 Å². The number of pyridine rings is 1. The van der Waals surface area contributed by atoms with E-state index in [0.29, 0.717) is 25.6 Å². The van der Waals surface area contributed by atoms with Crippen LogP contribution in [-0.2, 0) is 9.48 Å². The number of nitrogens with one attached hydrogen (secondary N) is 2. The SMILES string of the molecule is BC(B)(B)Nc1cnc2[nH]ccc2c1-c1nc2c(c(C(C)(C)SC)n1)OC[C@@H]1COC[C@@H](C)N21. The number of fused-ring (bicyclic) bond motifs is 4. The van der Waals surface area contributed by atoms with Gasteiger partial charge in [-0.2, -0.15) is 11.8 Å². The van der Waals surface area contributed by atoms with E-state index in [9.17, 15) is 0 Å². The van der Waals surface area contributed by atoms with Crippen LogP contribution >= 0.6 is 11.8 Å². The molecule has 0 saturated carbocycles. The zero-order valence-electron chi connectivity index (χ0n) is 21.0. The van der Waals surface area contributed by atoms with Crippen molar-refractivity contribution in [2.45, 2.75) is 42.8 Å². The molecular weight excluding hydrogens is 445 g/mol. The topological polar surface area (TPSA) is 88.2 Å². The number of aromatic nitrogens is 4. The Balaban J connectivity index is 1.79. The molecule has 2 atom stereocenters. The van der Waals surface area contributed by atoms with Gasteiger partial charge in [0.25, 0.3) is 0 Å². The van der Waals surface area contributed by atoms with E-state index in [2.05, 4.69) is 70.8 Å². The lowest BCUT2D eigenvalue weighted by Crippen LogP contribution is -2.56. The number of anilines is 2. The van der Waals surface area contributed by atoms with E-state index in [1.54, 1.807) is 11.8 Å². The van der Waals surface area contributed by atoms with Gasteiger partial charge in [0.15, 0.2) is 17.4 Å². The highest BCUT2D eigenvalue weighted by atomic mass is 32.2. The van der Waals surface area contributed by atoms with Crippen LogP contribution in [-0.4, -0.2) is 86.9 Å². The van der Waals surface area contributed by atoms with Crippen LogP contribution in [0.25, 0.3) is 22.4 Å². The van der Waals surface area contributed by atoms with E-state index < -0.39 is 0 Å². The molecule has 1 fully saturated rings. The van der Waals surface area contributed by atoms with E-state index >= 15 is 0 Å². The van der Waals surface area contributed by atoms with Crippen LogP contribution in [0.3, 0.4) is 0 Å². The molecule has 0 aromatic carbocycles. The quantitative estimate of drug-likeness (QED) is 0.517. The lowest BCUT2D eigenvalue weighted by atomic mass is 9.49. The summed E-state index contributed by atoms with van der Waals surface area (Å²) in [7, 11) is 6.42. The van der Waals surface area contributed by atoms with E-state index in [1.165, 1.54) is 0 Å². The second-order valence-corrected chi connectivity index (χ2v) is 12.1. The Morgan fingerprint density at radius 3 is 2.74 bits per heavy atom. The number of morpholine rings is 1. The van der Waals surface area contributed by atoms with Gasteiger partial charge in [-0.05, 0) is 38.3 Å². The van der Waals surface area contributed by atoms with Gasteiger partial charge >= 0.3 is 0 Å². The lowest BCUT2D eigenvalue weighted by Gasteiger charge is -2.45. The van der Waals surface area contributed by atoms with Gasteiger partial charge < -0.3 is 24.7 Å². The number of hydrogen-bond donors (Lipinski definition) is 2. The first-order valence-electron chi connectivity index (χ1n) is 11.8. The molecule has 2 aliphatic heterocycles. The normalized spacial score (nSPS) is 20.5. The summed E-state index contributed by atoms with van der Waals surface area (Å²) in [5.74, 6) is 2.33. The Labute approximate surface area is 207 Å². The number of ether oxygens (including phenoxy) is 2. The fraction of sp³-hybridized carbons (Fsp3) is 0.500. The van der Waals surface area contributed by atoms with Crippen LogP contribution < -0.4 is 15.0 Å². The minimum absolute atomic E-state index is 0.140. The Morgan fingerprint density at radius 2 is 2.00 bits per heavy atom. The second kappa shape index (κ2) is 8.41. The highest BCUT2D eigenvalue weighted by molar-refractivity contribution is 7.99. The predicted molar refractivity (Wildman–Crippen MR) is 148 cm³/mol. The maximum absolute atomic E-state index is 6.34. The Morgan fingerprint density at radius 1 is 1.21 bits per heavy atom. The third-order valence-corrected chi connectivity index (χ3v) is 7.66. The van der Waals surface area contributed by atoms with Crippen molar-refractivity contribution in [1.29, 1.82) is 0 Å². The molecule has 3 aromatic rings. The van der Waals surface area contributed by atoms with Crippen molar-refractivity contribution in [2.75, 3.05) is 36.3 Å². The number of H-pyrrole nitrogens is 1. The van der Waals surface area contributed by atoms with Crippen LogP contribution in [0.5, 0.6) is 5.75 Å². The number of thioether (sulfide) groups is 1. The van der Waals surface area contributed by atoms with Crippen LogP contribution in [0, 0.1) is 0 Å². The van der Waals surface area contributed by atoms with Gasteiger partial charge in [-0.15, -0.1) is 0 Å². The zero-order chi connectivity index (χ0) is 24.3. The summed E-state index contributed by atoms with van der Waals surface area (Å²) in [6, 6.07) is 2.39. The molecule has 2 aliphatic rings. The van der Waals surface area contributed by atoms with Crippen molar-refractivity contribution in [1.82, 2.24) is 19.9 Å². The summed E-state index contributed by atoms with van der Waals surface area (Å²) in [6.45, 7) is 8.45. The Bertz CT molecular complexity index is 1230. The average Bonchev–Trinajstić information content (AvgIpc) is 3.25. The molecule has 0 amide bonds. The maximum atomic E-state index is 6.34. The molecule has 8 nitrogen and oxygen atoms in total. The smallest absolute Gasteiger partial charge is 0.184 e.